The highest BCUT2D eigenvalue weighted by atomic mass is 19.4. The summed E-state index contributed by atoms with van der Waals surface area (Å²) in [6, 6.07) is 13.5. The molecule has 0 amide bonds. The van der Waals surface area contributed by atoms with Gasteiger partial charge in [-0.1, -0.05) is 30.3 Å². The fraction of sp³-hybridized carbons (Fsp3) is 0.158. The van der Waals surface area contributed by atoms with Crippen molar-refractivity contribution in [3.05, 3.63) is 77.0 Å². The van der Waals surface area contributed by atoms with Crippen LogP contribution in [0, 0.1) is 11.3 Å². The highest BCUT2D eigenvalue weighted by Gasteiger charge is 2.31. The van der Waals surface area contributed by atoms with Crippen LogP contribution in [0.4, 0.5) is 18.9 Å². The maximum atomic E-state index is 12.8. The van der Waals surface area contributed by atoms with Crippen LogP contribution in [-0.4, -0.2) is 12.3 Å². The van der Waals surface area contributed by atoms with Crippen molar-refractivity contribution >= 4 is 11.5 Å². The van der Waals surface area contributed by atoms with Crippen LogP contribution in [0.5, 0.6) is 0 Å². The molecule has 0 spiro atoms. The molecular formula is C19H13F3N2O. The number of hydrogen-bond donors (Lipinski definition) is 0. The molecule has 0 saturated heterocycles. The van der Waals surface area contributed by atoms with Gasteiger partial charge in [0.05, 0.1) is 5.56 Å². The number of carbonyl (C=O) groups excluding carboxylic acids is 1. The molecule has 0 unspecified atom stereocenters. The van der Waals surface area contributed by atoms with Crippen molar-refractivity contribution in [2.75, 3.05) is 11.4 Å². The zero-order valence-corrected chi connectivity index (χ0v) is 13.0. The van der Waals surface area contributed by atoms with Gasteiger partial charge in [-0.25, -0.2) is 0 Å². The van der Waals surface area contributed by atoms with Gasteiger partial charge in [0.1, 0.15) is 11.6 Å². The Balaban J connectivity index is 1.92. The lowest BCUT2D eigenvalue weighted by molar-refractivity contribution is -0.137. The van der Waals surface area contributed by atoms with Gasteiger partial charge in [0, 0.05) is 24.0 Å². The topological polar surface area (TPSA) is 44.1 Å². The first kappa shape index (κ1) is 16.8. The molecule has 0 aromatic heterocycles. The lowest BCUT2D eigenvalue weighted by atomic mass is 10.0. The molecular weight excluding hydrogens is 329 g/mol. The third-order valence-corrected chi connectivity index (χ3v) is 4.03. The van der Waals surface area contributed by atoms with Gasteiger partial charge >= 0.3 is 6.18 Å². The smallest absolute Gasteiger partial charge is 0.346 e. The van der Waals surface area contributed by atoms with E-state index in [0.29, 0.717) is 6.54 Å². The molecule has 0 fully saturated rings. The van der Waals surface area contributed by atoms with Crippen LogP contribution in [0.1, 0.15) is 21.5 Å². The number of anilines is 1. The molecule has 0 radical (unpaired) electrons. The van der Waals surface area contributed by atoms with Crippen LogP contribution in [0.3, 0.4) is 0 Å². The molecule has 0 bridgehead atoms. The molecule has 2 aromatic carbocycles. The maximum absolute atomic E-state index is 12.8. The second kappa shape index (κ2) is 6.44. The summed E-state index contributed by atoms with van der Waals surface area (Å²) in [5.41, 5.74) is 0.725. The Labute approximate surface area is 142 Å². The van der Waals surface area contributed by atoms with E-state index in [9.17, 15) is 23.2 Å². The van der Waals surface area contributed by atoms with Crippen molar-refractivity contribution in [3.8, 4) is 6.07 Å². The SMILES string of the molecule is N#C/C(=C/N1CCc2ccccc21)C(=O)c1cccc(C(F)(F)F)c1. The highest BCUT2D eigenvalue weighted by Crippen LogP contribution is 2.31. The van der Waals surface area contributed by atoms with E-state index in [0.717, 1.165) is 35.9 Å². The first-order valence-electron chi connectivity index (χ1n) is 7.58. The zero-order chi connectivity index (χ0) is 18.0. The molecule has 1 aliphatic heterocycles. The van der Waals surface area contributed by atoms with E-state index in [4.69, 9.17) is 0 Å². The molecule has 0 atom stereocenters. The lowest BCUT2D eigenvalue weighted by Crippen LogP contribution is -2.16. The summed E-state index contributed by atoms with van der Waals surface area (Å²) in [5.74, 6) is -0.724. The van der Waals surface area contributed by atoms with E-state index in [1.165, 1.54) is 12.3 Å². The van der Waals surface area contributed by atoms with E-state index in [1.807, 2.05) is 24.3 Å². The van der Waals surface area contributed by atoms with E-state index < -0.39 is 17.5 Å². The summed E-state index contributed by atoms with van der Waals surface area (Å²) in [6.45, 7) is 0.612. The number of allylic oxidation sites excluding steroid dienone is 1. The number of para-hydroxylation sites is 1. The van der Waals surface area contributed by atoms with E-state index in [1.54, 1.807) is 11.0 Å². The van der Waals surface area contributed by atoms with Gasteiger partial charge in [-0.3, -0.25) is 4.79 Å². The fourth-order valence-corrected chi connectivity index (χ4v) is 2.78. The zero-order valence-electron chi connectivity index (χ0n) is 13.0. The average molecular weight is 342 g/mol. The van der Waals surface area contributed by atoms with Crippen LogP contribution < -0.4 is 4.90 Å². The first-order chi connectivity index (χ1) is 11.9. The molecule has 0 saturated carbocycles. The number of ketones is 1. The number of halogens is 3. The Hall–Kier alpha value is -3.07. The molecule has 0 N–H and O–H groups in total. The highest BCUT2D eigenvalue weighted by molar-refractivity contribution is 6.11. The van der Waals surface area contributed by atoms with Crippen LogP contribution >= 0.6 is 0 Å². The van der Waals surface area contributed by atoms with Crippen LogP contribution in [0.2, 0.25) is 0 Å². The molecule has 2 aromatic rings. The van der Waals surface area contributed by atoms with Crippen molar-refractivity contribution < 1.29 is 18.0 Å². The largest absolute Gasteiger partial charge is 0.416 e. The quantitative estimate of drug-likeness (QED) is 0.473. The number of alkyl halides is 3. The van der Waals surface area contributed by atoms with Crippen molar-refractivity contribution in [2.45, 2.75) is 12.6 Å². The number of carbonyl (C=O) groups is 1. The Morgan fingerprint density at radius 1 is 1.16 bits per heavy atom. The van der Waals surface area contributed by atoms with Crippen LogP contribution in [-0.2, 0) is 12.6 Å². The average Bonchev–Trinajstić information content (AvgIpc) is 3.01. The molecule has 1 heterocycles. The summed E-state index contributed by atoms with van der Waals surface area (Å²) in [5, 5.41) is 9.31. The fourth-order valence-electron chi connectivity index (χ4n) is 2.78. The summed E-state index contributed by atoms with van der Waals surface area (Å²) in [4.78, 5) is 14.2. The minimum atomic E-state index is -4.54. The third kappa shape index (κ3) is 3.41. The Morgan fingerprint density at radius 3 is 2.64 bits per heavy atom. The number of Topliss-reactive ketones (excluding diaryl/α,β-unsaturated/α-hetero) is 1. The monoisotopic (exact) mass is 342 g/mol. The maximum Gasteiger partial charge on any atom is 0.416 e. The number of nitrogens with zero attached hydrogens (tertiary/aromatic N) is 2. The molecule has 1 aliphatic rings. The normalized spacial score (nSPS) is 14.2. The number of fused-ring (bicyclic) bond motifs is 1. The van der Waals surface area contributed by atoms with Crippen molar-refractivity contribution in [2.24, 2.45) is 0 Å². The molecule has 0 aliphatic carbocycles. The Kier molecular flexibility index (Phi) is 4.32. The van der Waals surface area contributed by atoms with Gasteiger partial charge in [-0.15, -0.1) is 0 Å². The predicted molar refractivity (Wildman–Crippen MR) is 87.0 cm³/mol. The molecule has 3 rings (SSSR count). The minimum Gasteiger partial charge on any atom is -0.346 e. The summed E-state index contributed by atoms with van der Waals surface area (Å²) < 4.78 is 38.4. The van der Waals surface area contributed by atoms with Gasteiger partial charge < -0.3 is 4.90 Å². The summed E-state index contributed by atoms with van der Waals surface area (Å²) in [6.07, 6.45) is -2.35. The standard InChI is InChI=1S/C19H13F3N2O/c20-19(21,22)16-6-3-5-14(10-16)18(25)15(11-23)12-24-9-8-13-4-1-2-7-17(13)24/h1-7,10,12H,8-9H2/b15-12-. The van der Waals surface area contributed by atoms with Gasteiger partial charge in [0.2, 0.25) is 5.78 Å². The van der Waals surface area contributed by atoms with Crippen molar-refractivity contribution in [1.29, 1.82) is 5.26 Å². The molecule has 25 heavy (non-hydrogen) atoms. The first-order valence-corrected chi connectivity index (χ1v) is 7.58. The number of nitriles is 1. The lowest BCUT2D eigenvalue weighted by Gasteiger charge is -2.14. The van der Waals surface area contributed by atoms with Crippen LogP contribution in [0.15, 0.2) is 60.3 Å². The number of hydrogen-bond acceptors (Lipinski definition) is 3. The van der Waals surface area contributed by atoms with E-state index >= 15 is 0 Å². The van der Waals surface area contributed by atoms with Gasteiger partial charge in [0.25, 0.3) is 0 Å². The second-order valence-electron chi connectivity index (χ2n) is 5.63. The predicted octanol–water partition coefficient (Wildman–Crippen LogP) is 4.36. The van der Waals surface area contributed by atoms with Crippen LogP contribution in [0.25, 0.3) is 0 Å². The molecule has 6 heteroatoms. The van der Waals surface area contributed by atoms with Crippen molar-refractivity contribution in [1.82, 2.24) is 0 Å². The third-order valence-electron chi connectivity index (χ3n) is 4.03. The molecule has 126 valence electrons. The second-order valence-corrected chi connectivity index (χ2v) is 5.63. The number of benzene rings is 2. The van der Waals surface area contributed by atoms with Gasteiger partial charge in [-0.2, -0.15) is 18.4 Å². The Morgan fingerprint density at radius 2 is 1.92 bits per heavy atom. The Bertz CT molecular complexity index is 894. The summed E-state index contributed by atoms with van der Waals surface area (Å²) >= 11 is 0. The molecule has 3 nitrogen and oxygen atoms in total. The van der Waals surface area contributed by atoms with Crippen molar-refractivity contribution in [3.63, 3.8) is 0 Å². The number of rotatable bonds is 3. The minimum absolute atomic E-state index is 0.157. The van der Waals surface area contributed by atoms with E-state index in [2.05, 4.69) is 0 Å². The van der Waals surface area contributed by atoms with E-state index in [-0.39, 0.29) is 11.1 Å². The van der Waals surface area contributed by atoms with Gasteiger partial charge in [0.15, 0.2) is 0 Å². The summed E-state index contributed by atoms with van der Waals surface area (Å²) in [7, 11) is 0. The van der Waals surface area contributed by atoms with Gasteiger partial charge in [-0.05, 0) is 30.2 Å².